The van der Waals surface area contributed by atoms with E-state index in [1.165, 1.54) is 24.3 Å². The zero-order valence-electron chi connectivity index (χ0n) is 15.0. The average molecular weight is 382 g/mol. The first-order valence-electron chi connectivity index (χ1n) is 8.56. The van der Waals surface area contributed by atoms with Gasteiger partial charge >= 0.3 is 12.1 Å². The Bertz CT molecular complexity index is 714. The van der Waals surface area contributed by atoms with Crippen molar-refractivity contribution in [1.29, 1.82) is 0 Å². The molecule has 0 aliphatic carbocycles. The van der Waals surface area contributed by atoms with Gasteiger partial charge in [0.1, 0.15) is 11.5 Å². The molecule has 0 bridgehead atoms. The van der Waals surface area contributed by atoms with E-state index >= 15 is 0 Å². The Morgan fingerprint density at radius 1 is 0.963 bits per heavy atom. The molecular formula is C20H21F3O4. The molecule has 2 rings (SSSR count). The van der Waals surface area contributed by atoms with Crippen LogP contribution in [0.1, 0.15) is 31.9 Å². The van der Waals surface area contributed by atoms with Crippen LogP contribution in [-0.2, 0) is 14.3 Å². The predicted octanol–water partition coefficient (Wildman–Crippen LogP) is 5.44. The van der Waals surface area contributed by atoms with Gasteiger partial charge in [-0.15, -0.1) is 0 Å². The van der Waals surface area contributed by atoms with E-state index in [1.807, 2.05) is 6.07 Å². The van der Waals surface area contributed by atoms with Gasteiger partial charge in [0, 0.05) is 0 Å². The maximum Gasteiger partial charge on any atom is 0.418 e. The van der Waals surface area contributed by atoms with Crippen LogP contribution >= 0.6 is 0 Å². The lowest BCUT2D eigenvalue weighted by atomic mass is 10.1. The van der Waals surface area contributed by atoms with Crippen LogP contribution < -0.4 is 4.74 Å². The molecule has 2 aromatic rings. The molecule has 0 aromatic heterocycles. The number of halogens is 3. The van der Waals surface area contributed by atoms with Gasteiger partial charge in [-0.2, -0.15) is 13.2 Å². The summed E-state index contributed by atoms with van der Waals surface area (Å²) in [6, 6.07) is 14.3. The number of ether oxygens (including phenoxy) is 3. The highest BCUT2D eigenvalue weighted by atomic mass is 19.4. The number of benzene rings is 2. The Kier molecular flexibility index (Phi) is 7.24. The molecule has 0 radical (unpaired) electrons. The Morgan fingerprint density at radius 2 is 1.56 bits per heavy atom. The molecule has 0 saturated carbocycles. The van der Waals surface area contributed by atoms with E-state index < -0.39 is 24.4 Å². The lowest BCUT2D eigenvalue weighted by molar-refractivity contribution is -0.239. The van der Waals surface area contributed by atoms with Gasteiger partial charge in [-0.1, -0.05) is 37.3 Å². The van der Waals surface area contributed by atoms with Gasteiger partial charge < -0.3 is 14.2 Å². The van der Waals surface area contributed by atoms with Gasteiger partial charge in [0.15, 0.2) is 12.2 Å². The van der Waals surface area contributed by atoms with E-state index in [-0.39, 0.29) is 18.6 Å². The van der Waals surface area contributed by atoms with Crippen LogP contribution in [0.4, 0.5) is 13.2 Å². The number of rotatable bonds is 8. The van der Waals surface area contributed by atoms with Crippen molar-refractivity contribution in [3.63, 3.8) is 0 Å². The Hall–Kier alpha value is -2.54. The van der Waals surface area contributed by atoms with Gasteiger partial charge in [0.25, 0.3) is 0 Å². The summed E-state index contributed by atoms with van der Waals surface area (Å²) < 4.78 is 55.9. The second-order valence-corrected chi connectivity index (χ2v) is 5.69. The van der Waals surface area contributed by atoms with Gasteiger partial charge in [-0.05, 0) is 43.2 Å². The first-order valence-corrected chi connectivity index (χ1v) is 8.56. The Labute approximate surface area is 155 Å². The molecule has 0 aliphatic rings. The molecule has 0 spiro atoms. The minimum Gasteiger partial charge on any atom is -0.464 e. The summed E-state index contributed by atoms with van der Waals surface area (Å²) in [4.78, 5) is 11.8. The van der Waals surface area contributed by atoms with E-state index in [0.29, 0.717) is 11.5 Å². The van der Waals surface area contributed by atoms with Gasteiger partial charge in [-0.3, -0.25) is 0 Å². The first-order chi connectivity index (χ1) is 12.8. The summed E-state index contributed by atoms with van der Waals surface area (Å²) in [6.07, 6.45) is -8.14. The highest BCUT2D eigenvalue weighted by Crippen LogP contribution is 2.38. The molecule has 146 valence electrons. The van der Waals surface area contributed by atoms with E-state index in [1.54, 1.807) is 38.1 Å². The third-order valence-electron chi connectivity index (χ3n) is 3.68. The maximum atomic E-state index is 13.5. The average Bonchev–Trinajstić information content (AvgIpc) is 2.63. The third-order valence-corrected chi connectivity index (χ3v) is 3.68. The molecule has 0 aliphatic heterocycles. The van der Waals surface area contributed by atoms with Crippen LogP contribution in [0.2, 0.25) is 0 Å². The standard InChI is InChI=1S/C20H21F3O4/c1-3-17(19(24)25-4-2)27-18(20(21,22)23)14-10-12-16(13-11-14)26-15-8-6-5-7-9-15/h5-13,17-18H,3-4H2,1-2H3. The maximum absolute atomic E-state index is 13.5. The van der Waals surface area contributed by atoms with Crippen molar-refractivity contribution in [2.24, 2.45) is 0 Å². The molecule has 4 nitrogen and oxygen atoms in total. The van der Waals surface area contributed by atoms with Crippen molar-refractivity contribution >= 4 is 5.97 Å². The van der Waals surface area contributed by atoms with Gasteiger partial charge in [-0.25, -0.2) is 4.79 Å². The SMILES string of the molecule is CCOC(=O)C(CC)OC(c1ccc(Oc2ccccc2)cc1)C(F)(F)F. The third kappa shape index (κ3) is 5.99. The highest BCUT2D eigenvalue weighted by Gasteiger charge is 2.44. The fourth-order valence-electron chi connectivity index (χ4n) is 2.40. The van der Waals surface area contributed by atoms with Crippen molar-refractivity contribution in [2.75, 3.05) is 6.61 Å². The minimum absolute atomic E-state index is 0.0701. The van der Waals surface area contributed by atoms with Crippen LogP contribution in [0.3, 0.4) is 0 Å². The molecule has 27 heavy (non-hydrogen) atoms. The number of carbonyl (C=O) groups is 1. The van der Waals surface area contributed by atoms with Crippen molar-refractivity contribution < 1.29 is 32.2 Å². The molecule has 7 heteroatoms. The summed E-state index contributed by atoms with van der Waals surface area (Å²) in [5.41, 5.74) is -0.120. The van der Waals surface area contributed by atoms with Crippen LogP contribution in [-0.4, -0.2) is 24.9 Å². The van der Waals surface area contributed by atoms with E-state index in [4.69, 9.17) is 14.2 Å². The molecule has 0 saturated heterocycles. The Morgan fingerprint density at radius 3 is 2.07 bits per heavy atom. The van der Waals surface area contributed by atoms with Gasteiger partial charge in [0.05, 0.1) is 6.61 Å². The zero-order chi connectivity index (χ0) is 19.9. The smallest absolute Gasteiger partial charge is 0.418 e. The molecule has 0 heterocycles. The summed E-state index contributed by atoms with van der Waals surface area (Å²) in [7, 11) is 0. The monoisotopic (exact) mass is 382 g/mol. The number of hydrogen-bond donors (Lipinski definition) is 0. The first kappa shape index (κ1) is 20.8. The fraction of sp³-hybridized carbons (Fsp3) is 0.350. The van der Waals surface area contributed by atoms with Crippen LogP contribution in [0.25, 0.3) is 0 Å². The van der Waals surface area contributed by atoms with E-state index in [0.717, 1.165) is 0 Å². The van der Waals surface area contributed by atoms with Crippen molar-refractivity contribution in [3.05, 3.63) is 60.2 Å². The normalized spacial score (nSPS) is 13.7. The summed E-state index contributed by atoms with van der Waals surface area (Å²) >= 11 is 0. The highest BCUT2D eigenvalue weighted by molar-refractivity contribution is 5.74. The Balaban J connectivity index is 2.17. The van der Waals surface area contributed by atoms with Crippen LogP contribution in [0.15, 0.2) is 54.6 Å². The molecule has 0 fully saturated rings. The summed E-state index contributed by atoms with van der Waals surface area (Å²) in [6.45, 7) is 3.21. The molecule has 2 unspecified atom stereocenters. The largest absolute Gasteiger partial charge is 0.464 e. The number of esters is 1. The summed E-state index contributed by atoms with van der Waals surface area (Å²) in [5, 5.41) is 0. The van der Waals surface area contributed by atoms with Crippen LogP contribution in [0.5, 0.6) is 11.5 Å². The number of alkyl halides is 3. The zero-order valence-corrected chi connectivity index (χ0v) is 15.0. The second-order valence-electron chi connectivity index (χ2n) is 5.69. The molecule has 0 N–H and O–H groups in total. The fourth-order valence-corrected chi connectivity index (χ4v) is 2.40. The number of hydrogen-bond acceptors (Lipinski definition) is 4. The van der Waals surface area contributed by atoms with Crippen molar-refractivity contribution in [3.8, 4) is 11.5 Å². The second kappa shape index (κ2) is 9.41. The topological polar surface area (TPSA) is 44.8 Å². The lowest BCUT2D eigenvalue weighted by Gasteiger charge is -2.25. The van der Waals surface area contributed by atoms with E-state index in [9.17, 15) is 18.0 Å². The molecule has 0 amide bonds. The molecule has 2 aromatic carbocycles. The molecular weight excluding hydrogens is 361 g/mol. The number of para-hydroxylation sites is 1. The van der Waals surface area contributed by atoms with Gasteiger partial charge in [0.2, 0.25) is 0 Å². The quantitative estimate of drug-likeness (QED) is 0.570. The lowest BCUT2D eigenvalue weighted by Crippen LogP contribution is -2.33. The number of carbonyl (C=O) groups excluding carboxylic acids is 1. The minimum atomic E-state index is -4.68. The predicted molar refractivity (Wildman–Crippen MR) is 93.6 cm³/mol. The molecule has 2 atom stereocenters. The van der Waals surface area contributed by atoms with Crippen molar-refractivity contribution in [2.45, 2.75) is 38.7 Å². The van der Waals surface area contributed by atoms with Crippen molar-refractivity contribution in [1.82, 2.24) is 0 Å². The summed E-state index contributed by atoms with van der Waals surface area (Å²) in [5.74, 6) is 0.156. The van der Waals surface area contributed by atoms with Crippen LogP contribution in [0, 0.1) is 0 Å². The van der Waals surface area contributed by atoms with E-state index in [2.05, 4.69) is 0 Å².